The van der Waals surface area contributed by atoms with E-state index in [4.69, 9.17) is 9.84 Å². The van der Waals surface area contributed by atoms with E-state index in [2.05, 4.69) is 0 Å². The zero-order valence-electron chi connectivity index (χ0n) is 9.50. The largest absolute Gasteiger partial charge is 0.481 e. The van der Waals surface area contributed by atoms with Gasteiger partial charge in [0.1, 0.15) is 11.6 Å². The first kappa shape index (κ1) is 13.6. The van der Waals surface area contributed by atoms with E-state index in [9.17, 15) is 13.6 Å². The molecule has 0 aliphatic heterocycles. The summed E-state index contributed by atoms with van der Waals surface area (Å²) in [4.78, 5) is 10.3. The lowest BCUT2D eigenvalue weighted by Crippen LogP contribution is -2.01. The Labute approximate surface area is 98.0 Å². The predicted molar refractivity (Wildman–Crippen MR) is 57.6 cm³/mol. The van der Waals surface area contributed by atoms with Gasteiger partial charge in [0.15, 0.2) is 0 Å². The molecule has 0 aliphatic carbocycles. The van der Waals surface area contributed by atoms with Crippen molar-refractivity contribution in [3.05, 3.63) is 34.9 Å². The Balaban J connectivity index is 2.73. The summed E-state index contributed by atoms with van der Waals surface area (Å²) in [7, 11) is 1.40. The van der Waals surface area contributed by atoms with Crippen LogP contribution < -0.4 is 0 Å². The van der Waals surface area contributed by atoms with E-state index < -0.39 is 17.6 Å². The molecule has 0 aromatic heterocycles. The number of rotatable bonds is 6. The van der Waals surface area contributed by atoms with Gasteiger partial charge in [-0.1, -0.05) is 0 Å². The predicted octanol–water partition coefficient (Wildman–Crippen LogP) is 2.52. The maximum Gasteiger partial charge on any atom is 0.303 e. The van der Waals surface area contributed by atoms with Crippen LogP contribution >= 0.6 is 0 Å². The van der Waals surface area contributed by atoms with Crippen molar-refractivity contribution in [2.24, 2.45) is 0 Å². The van der Waals surface area contributed by atoms with Gasteiger partial charge in [0.25, 0.3) is 0 Å². The van der Waals surface area contributed by atoms with Gasteiger partial charge >= 0.3 is 5.97 Å². The Morgan fingerprint density at radius 1 is 1.29 bits per heavy atom. The highest BCUT2D eigenvalue weighted by Crippen LogP contribution is 2.17. The Morgan fingerprint density at radius 2 is 1.88 bits per heavy atom. The number of methoxy groups -OCH3 is 1. The monoisotopic (exact) mass is 244 g/mol. The number of carboxylic acid groups (broad SMARTS) is 1. The Bertz CT molecular complexity index is 405. The molecule has 0 radical (unpaired) electrons. The minimum absolute atomic E-state index is 0.0121. The lowest BCUT2D eigenvalue weighted by molar-refractivity contribution is -0.137. The summed E-state index contributed by atoms with van der Waals surface area (Å²) in [6, 6.07) is 2.19. The molecule has 0 spiro atoms. The molecule has 1 N–H and O–H groups in total. The molecule has 0 saturated heterocycles. The molecule has 3 nitrogen and oxygen atoms in total. The summed E-state index contributed by atoms with van der Waals surface area (Å²) in [6.45, 7) is 0.0121. The number of hydrogen-bond acceptors (Lipinski definition) is 2. The second-order valence-electron chi connectivity index (χ2n) is 3.72. The Kier molecular flexibility index (Phi) is 5.03. The molecule has 1 aromatic rings. The second-order valence-corrected chi connectivity index (χ2v) is 3.72. The van der Waals surface area contributed by atoms with E-state index in [1.54, 1.807) is 0 Å². The third kappa shape index (κ3) is 4.11. The van der Waals surface area contributed by atoms with Crippen molar-refractivity contribution in [1.29, 1.82) is 0 Å². The standard InChI is InChI=1S/C12H14F2O3/c1-17-7-9-6-10(13)8(5-11(9)14)3-2-4-12(15)16/h5-6H,2-4,7H2,1H3,(H,15,16). The van der Waals surface area contributed by atoms with E-state index in [1.165, 1.54) is 7.11 Å². The fourth-order valence-electron chi connectivity index (χ4n) is 1.52. The molecule has 94 valence electrons. The van der Waals surface area contributed by atoms with Crippen LogP contribution in [0.3, 0.4) is 0 Å². The first-order valence-electron chi connectivity index (χ1n) is 5.22. The van der Waals surface area contributed by atoms with Crippen LogP contribution in [0.1, 0.15) is 24.0 Å². The molecule has 0 atom stereocenters. The summed E-state index contributed by atoms with van der Waals surface area (Å²) < 4.78 is 31.7. The van der Waals surface area contributed by atoms with Gasteiger partial charge in [-0.05, 0) is 30.5 Å². The molecule has 0 aliphatic rings. The molecule has 0 saturated carbocycles. The maximum atomic E-state index is 13.5. The SMILES string of the molecule is COCc1cc(F)c(CCCC(=O)O)cc1F. The van der Waals surface area contributed by atoms with Crippen molar-refractivity contribution in [2.45, 2.75) is 25.9 Å². The van der Waals surface area contributed by atoms with Gasteiger partial charge in [-0.2, -0.15) is 0 Å². The summed E-state index contributed by atoms with van der Waals surface area (Å²) >= 11 is 0. The number of aliphatic carboxylic acids is 1. The highest BCUT2D eigenvalue weighted by molar-refractivity contribution is 5.66. The third-order valence-corrected chi connectivity index (χ3v) is 2.35. The minimum atomic E-state index is -0.943. The third-order valence-electron chi connectivity index (χ3n) is 2.35. The number of ether oxygens (including phenoxy) is 1. The van der Waals surface area contributed by atoms with Gasteiger partial charge in [0.2, 0.25) is 0 Å². The van der Waals surface area contributed by atoms with E-state index in [1.807, 2.05) is 0 Å². The lowest BCUT2D eigenvalue weighted by atomic mass is 10.0. The molecule has 0 heterocycles. The van der Waals surface area contributed by atoms with Crippen LogP contribution in [0.15, 0.2) is 12.1 Å². The lowest BCUT2D eigenvalue weighted by Gasteiger charge is -2.07. The molecule has 1 aromatic carbocycles. The zero-order chi connectivity index (χ0) is 12.8. The maximum absolute atomic E-state index is 13.5. The molecule has 0 amide bonds. The van der Waals surface area contributed by atoms with E-state index in [0.29, 0.717) is 0 Å². The molecule has 0 bridgehead atoms. The van der Waals surface area contributed by atoms with Crippen LogP contribution in [0.5, 0.6) is 0 Å². The molecule has 5 heteroatoms. The number of carboxylic acids is 1. The van der Waals surface area contributed by atoms with Crippen LogP contribution in [0.2, 0.25) is 0 Å². The first-order chi connectivity index (χ1) is 8.04. The average molecular weight is 244 g/mol. The first-order valence-corrected chi connectivity index (χ1v) is 5.22. The summed E-state index contributed by atoms with van der Waals surface area (Å²) in [5.74, 6) is -2.00. The zero-order valence-corrected chi connectivity index (χ0v) is 9.50. The van der Waals surface area contributed by atoms with Gasteiger partial charge in [-0.3, -0.25) is 4.79 Å². The molecule has 1 rings (SSSR count). The van der Waals surface area contributed by atoms with E-state index in [-0.39, 0.29) is 37.0 Å². The summed E-state index contributed by atoms with van der Waals surface area (Å²) in [5, 5.41) is 8.45. The highest BCUT2D eigenvalue weighted by Gasteiger charge is 2.10. The number of hydrogen-bond donors (Lipinski definition) is 1. The van der Waals surface area contributed by atoms with Crippen LogP contribution in [0.25, 0.3) is 0 Å². The molecular weight excluding hydrogens is 230 g/mol. The van der Waals surface area contributed by atoms with Gasteiger partial charge in [-0.25, -0.2) is 8.78 Å². The second kappa shape index (κ2) is 6.30. The fourth-order valence-corrected chi connectivity index (χ4v) is 1.52. The minimum Gasteiger partial charge on any atom is -0.481 e. The summed E-state index contributed by atoms with van der Waals surface area (Å²) in [5.41, 5.74) is 0.357. The molecule has 17 heavy (non-hydrogen) atoms. The van der Waals surface area contributed by atoms with Gasteiger partial charge < -0.3 is 9.84 Å². The van der Waals surface area contributed by atoms with Crippen molar-refractivity contribution < 1.29 is 23.4 Å². The van der Waals surface area contributed by atoms with Gasteiger partial charge in [0.05, 0.1) is 6.61 Å². The van der Waals surface area contributed by atoms with Crippen molar-refractivity contribution in [3.8, 4) is 0 Å². The molecule has 0 unspecified atom stereocenters. The average Bonchev–Trinajstić information content (AvgIpc) is 2.24. The quantitative estimate of drug-likeness (QED) is 0.836. The van der Waals surface area contributed by atoms with Gasteiger partial charge in [-0.15, -0.1) is 0 Å². The van der Waals surface area contributed by atoms with Crippen LogP contribution in [-0.4, -0.2) is 18.2 Å². The van der Waals surface area contributed by atoms with Gasteiger partial charge in [0, 0.05) is 19.1 Å². The Hall–Kier alpha value is -1.49. The van der Waals surface area contributed by atoms with Crippen molar-refractivity contribution >= 4 is 5.97 Å². The number of benzene rings is 1. The smallest absolute Gasteiger partial charge is 0.303 e. The normalized spacial score (nSPS) is 10.5. The fraction of sp³-hybridized carbons (Fsp3) is 0.417. The van der Waals surface area contributed by atoms with Crippen molar-refractivity contribution in [2.75, 3.05) is 7.11 Å². The number of aryl methyl sites for hydroxylation is 1. The number of carbonyl (C=O) groups is 1. The molecule has 0 fully saturated rings. The van der Waals surface area contributed by atoms with Crippen molar-refractivity contribution in [3.63, 3.8) is 0 Å². The van der Waals surface area contributed by atoms with Crippen LogP contribution in [-0.2, 0) is 22.6 Å². The molecular formula is C12H14F2O3. The van der Waals surface area contributed by atoms with Crippen molar-refractivity contribution in [1.82, 2.24) is 0 Å². The topological polar surface area (TPSA) is 46.5 Å². The highest BCUT2D eigenvalue weighted by atomic mass is 19.1. The van der Waals surface area contributed by atoms with Crippen LogP contribution in [0.4, 0.5) is 8.78 Å². The Morgan fingerprint density at radius 3 is 2.47 bits per heavy atom. The summed E-state index contributed by atoms with van der Waals surface area (Å²) in [6.07, 6.45) is 0.443. The van der Waals surface area contributed by atoms with E-state index in [0.717, 1.165) is 12.1 Å². The number of halogens is 2. The van der Waals surface area contributed by atoms with Crippen LogP contribution in [0, 0.1) is 11.6 Å². The van der Waals surface area contributed by atoms with E-state index >= 15 is 0 Å².